The molecule has 1 spiro atoms. The maximum atomic E-state index is 14.2. The van der Waals surface area contributed by atoms with Crippen LogP contribution in [0.1, 0.15) is 31.2 Å². The third-order valence-electron chi connectivity index (χ3n) is 8.09. The van der Waals surface area contributed by atoms with E-state index in [1.807, 2.05) is 40.1 Å². The topological polar surface area (TPSA) is 56.3 Å². The molecule has 2 aromatic rings. The second-order valence-electron chi connectivity index (χ2n) is 10.5. The number of ether oxygens (including phenoxy) is 1. The fourth-order valence-electron chi connectivity index (χ4n) is 6.03. The van der Waals surface area contributed by atoms with Crippen LogP contribution in [0.4, 0.5) is 14.9 Å². The van der Waals surface area contributed by atoms with Gasteiger partial charge in [-0.05, 0) is 74.7 Å². The smallest absolute Gasteiger partial charge is 0.323 e. The molecule has 5 rings (SSSR count). The van der Waals surface area contributed by atoms with Crippen LogP contribution in [0.25, 0.3) is 0 Å². The number of piperidine rings is 2. The fraction of sp³-hybridized carbons (Fsp3) is 0.500. The lowest BCUT2D eigenvalue weighted by Crippen LogP contribution is -2.53. The Kier molecular flexibility index (Phi) is 6.88. The van der Waals surface area contributed by atoms with E-state index in [4.69, 9.17) is 4.74 Å². The van der Waals surface area contributed by atoms with Gasteiger partial charge in [0.2, 0.25) is 0 Å². The molecule has 2 fully saturated rings. The van der Waals surface area contributed by atoms with Gasteiger partial charge in [-0.3, -0.25) is 9.69 Å². The molecule has 0 aromatic heterocycles. The van der Waals surface area contributed by atoms with Crippen molar-refractivity contribution in [2.45, 2.75) is 37.1 Å². The van der Waals surface area contributed by atoms with Crippen molar-refractivity contribution in [1.29, 1.82) is 0 Å². The molecular weight excluding hydrogens is 459 g/mol. The van der Waals surface area contributed by atoms with Gasteiger partial charge in [-0.2, -0.15) is 0 Å². The number of nitrogens with zero attached hydrogens (tertiary/aromatic N) is 4. The number of fused-ring (bicyclic) bond motifs is 2. The van der Waals surface area contributed by atoms with Crippen molar-refractivity contribution in [1.82, 2.24) is 14.7 Å². The number of carbonyl (C=O) groups excluding carboxylic acids is 2. The average Bonchev–Trinajstić information content (AvgIpc) is 3.20. The number of likely N-dealkylation sites (tertiary alicyclic amines) is 2. The maximum absolute atomic E-state index is 14.2. The van der Waals surface area contributed by atoms with Gasteiger partial charge < -0.3 is 19.4 Å². The van der Waals surface area contributed by atoms with Crippen molar-refractivity contribution in [3.8, 4) is 5.75 Å². The van der Waals surface area contributed by atoms with Gasteiger partial charge in [-0.1, -0.05) is 18.2 Å². The number of rotatable bonds is 4. The number of urea groups is 1. The summed E-state index contributed by atoms with van der Waals surface area (Å²) in [5, 5.41) is 0. The van der Waals surface area contributed by atoms with Crippen molar-refractivity contribution in [2.75, 3.05) is 58.3 Å². The largest absolute Gasteiger partial charge is 0.484 e. The SMILES string of the molecule is CN(C)C(=O)N1CC2(CCN(C3CCN(C(=O)COc4ccccc4)CC3)CC2)c2cc(F)ccc21. The Labute approximate surface area is 212 Å². The standard InChI is InChI=1S/C28H35FN4O3/c1-30(2)27(35)33-20-28(24-18-21(29)8-9-25(24)33)12-16-31(17-13-28)22-10-14-32(15-11-22)26(34)19-36-23-6-4-3-5-7-23/h3-9,18,22H,10-17,19-20H2,1-2H3. The predicted octanol–water partition coefficient (Wildman–Crippen LogP) is 3.73. The molecule has 0 atom stereocenters. The van der Waals surface area contributed by atoms with E-state index in [1.165, 1.54) is 6.07 Å². The minimum Gasteiger partial charge on any atom is -0.484 e. The Bertz CT molecular complexity index is 1090. The Hall–Kier alpha value is -3.13. The minimum atomic E-state index is -0.247. The molecule has 0 N–H and O–H groups in total. The number of halogens is 1. The monoisotopic (exact) mass is 494 g/mol. The van der Waals surface area contributed by atoms with Crippen LogP contribution in [0.5, 0.6) is 5.75 Å². The molecule has 0 bridgehead atoms. The molecule has 8 heteroatoms. The fourth-order valence-corrected chi connectivity index (χ4v) is 6.03. The highest BCUT2D eigenvalue weighted by atomic mass is 19.1. The zero-order valence-corrected chi connectivity index (χ0v) is 21.2. The van der Waals surface area contributed by atoms with Crippen LogP contribution < -0.4 is 9.64 Å². The lowest BCUT2D eigenvalue weighted by molar-refractivity contribution is -0.135. The zero-order valence-electron chi connectivity index (χ0n) is 21.2. The number of carbonyl (C=O) groups is 2. The second-order valence-corrected chi connectivity index (χ2v) is 10.5. The molecule has 0 radical (unpaired) electrons. The van der Waals surface area contributed by atoms with Gasteiger partial charge in [0.1, 0.15) is 11.6 Å². The molecule has 3 heterocycles. The summed E-state index contributed by atoms with van der Waals surface area (Å²) in [6, 6.07) is 14.6. The Balaban J connectivity index is 1.17. The summed E-state index contributed by atoms with van der Waals surface area (Å²) in [5.41, 5.74) is 1.61. The molecule has 0 unspecified atom stereocenters. The zero-order chi connectivity index (χ0) is 25.3. The van der Waals surface area contributed by atoms with E-state index in [0.29, 0.717) is 18.3 Å². The highest BCUT2D eigenvalue weighted by molar-refractivity contribution is 5.95. The summed E-state index contributed by atoms with van der Waals surface area (Å²) in [6.07, 6.45) is 3.68. The molecule has 3 aliphatic rings. The number of amides is 3. The molecule has 36 heavy (non-hydrogen) atoms. The first-order chi connectivity index (χ1) is 17.4. The number of benzene rings is 2. The van der Waals surface area contributed by atoms with Gasteiger partial charge in [0, 0.05) is 50.9 Å². The van der Waals surface area contributed by atoms with Gasteiger partial charge in [0.15, 0.2) is 6.61 Å². The van der Waals surface area contributed by atoms with Crippen LogP contribution in [0.3, 0.4) is 0 Å². The van der Waals surface area contributed by atoms with Crippen molar-refractivity contribution in [3.05, 3.63) is 59.9 Å². The van der Waals surface area contributed by atoms with Gasteiger partial charge in [0.05, 0.1) is 0 Å². The Morgan fingerprint density at radius 2 is 1.72 bits per heavy atom. The lowest BCUT2D eigenvalue weighted by Gasteiger charge is -2.45. The van der Waals surface area contributed by atoms with E-state index in [1.54, 1.807) is 31.1 Å². The highest BCUT2D eigenvalue weighted by Crippen LogP contribution is 2.48. The summed E-state index contributed by atoms with van der Waals surface area (Å²) in [4.78, 5) is 33.3. The van der Waals surface area contributed by atoms with Crippen molar-refractivity contribution < 1.29 is 18.7 Å². The van der Waals surface area contributed by atoms with Crippen LogP contribution in [0, 0.1) is 5.82 Å². The third-order valence-corrected chi connectivity index (χ3v) is 8.09. The second kappa shape index (κ2) is 10.1. The van der Waals surface area contributed by atoms with Gasteiger partial charge in [-0.15, -0.1) is 0 Å². The maximum Gasteiger partial charge on any atom is 0.323 e. The van der Waals surface area contributed by atoms with Gasteiger partial charge >= 0.3 is 6.03 Å². The summed E-state index contributed by atoms with van der Waals surface area (Å²) >= 11 is 0. The van der Waals surface area contributed by atoms with Crippen LogP contribution in [0.2, 0.25) is 0 Å². The molecule has 3 aliphatic heterocycles. The first-order valence-corrected chi connectivity index (χ1v) is 12.8. The van der Waals surface area contributed by atoms with E-state index in [-0.39, 0.29) is 29.8 Å². The first kappa shape index (κ1) is 24.6. The van der Waals surface area contributed by atoms with Crippen LogP contribution in [-0.4, -0.2) is 86.1 Å². The molecule has 0 saturated carbocycles. The highest BCUT2D eigenvalue weighted by Gasteiger charge is 2.47. The van der Waals surface area contributed by atoms with Crippen LogP contribution >= 0.6 is 0 Å². The normalized spacial score (nSPS) is 19.9. The summed E-state index contributed by atoms with van der Waals surface area (Å²) < 4.78 is 19.9. The van der Waals surface area contributed by atoms with Crippen LogP contribution in [0.15, 0.2) is 48.5 Å². The van der Waals surface area contributed by atoms with Crippen LogP contribution in [-0.2, 0) is 10.2 Å². The third kappa shape index (κ3) is 4.78. The predicted molar refractivity (Wildman–Crippen MR) is 137 cm³/mol. The van der Waals surface area contributed by atoms with E-state index in [9.17, 15) is 14.0 Å². The number of para-hydroxylation sites is 1. The van der Waals surface area contributed by atoms with E-state index < -0.39 is 0 Å². The minimum absolute atomic E-state index is 0.0325. The summed E-state index contributed by atoms with van der Waals surface area (Å²) in [7, 11) is 3.51. The Morgan fingerprint density at radius 1 is 1.03 bits per heavy atom. The summed E-state index contributed by atoms with van der Waals surface area (Å²) in [6.45, 7) is 3.97. The van der Waals surface area contributed by atoms with E-state index in [2.05, 4.69) is 4.90 Å². The Morgan fingerprint density at radius 3 is 2.39 bits per heavy atom. The number of hydrogen-bond donors (Lipinski definition) is 0. The van der Waals surface area contributed by atoms with E-state index in [0.717, 1.165) is 63.1 Å². The molecule has 3 amide bonds. The quantitative estimate of drug-likeness (QED) is 0.650. The lowest BCUT2D eigenvalue weighted by atomic mass is 9.74. The van der Waals surface area contributed by atoms with Crippen molar-refractivity contribution >= 4 is 17.6 Å². The summed E-state index contributed by atoms with van der Waals surface area (Å²) in [5.74, 6) is 0.496. The average molecular weight is 495 g/mol. The number of anilines is 1. The first-order valence-electron chi connectivity index (χ1n) is 12.8. The molecular formula is C28H35FN4O3. The van der Waals surface area contributed by atoms with E-state index >= 15 is 0 Å². The molecule has 2 aromatic carbocycles. The van der Waals surface area contributed by atoms with Crippen molar-refractivity contribution in [3.63, 3.8) is 0 Å². The molecule has 2 saturated heterocycles. The molecule has 192 valence electrons. The molecule has 7 nitrogen and oxygen atoms in total. The van der Waals surface area contributed by atoms with Gasteiger partial charge in [0.25, 0.3) is 5.91 Å². The molecule has 0 aliphatic carbocycles. The van der Waals surface area contributed by atoms with Crippen molar-refractivity contribution in [2.24, 2.45) is 0 Å². The van der Waals surface area contributed by atoms with Gasteiger partial charge in [-0.25, -0.2) is 9.18 Å². The number of hydrogen-bond acceptors (Lipinski definition) is 4.